The Hall–Kier alpha value is -1.35. The van der Waals surface area contributed by atoms with Gasteiger partial charge in [-0.15, -0.1) is 0 Å². The molecule has 1 aliphatic rings. The van der Waals surface area contributed by atoms with Crippen molar-refractivity contribution in [2.24, 2.45) is 0 Å². The number of likely N-dealkylation sites (N-methyl/N-ethyl adjacent to an activating group) is 2. The Bertz CT molecular complexity index is 589. The molecule has 1 aromatic rings. The highest BCUT2D eigenvalue weighted by molar-refractivity contribution is 5.39. The van der Waals surface area contributed by atoms with Crippen LogP contribution in [-0.4, -0.2) is 41.5 Å². The first-order valence-corrected chi connectivity index (χ1v) is 8.78. The SMILES string of the molecule is C=C1CC[C@H](CN(C)Cc2c(C)nc(C(C)C)c(C)c2C)N1C. The first-order chi connectivity index (χ1) is 10.7. The molecule has 0 N–H and O–H groups in total. The van der Waals surface area contributed by atoms with E-state index < -0.39 is 0 Å². The summed E-state index contributed by atoms with van der Waals surface area (Å²) in [6, 6.07) is 0.595. The van der Waals surface area contributed by atoms with E-state index in [4.69, 9.17) is 4.98 Å². The summed E-state index contributed by atoms with van der Waals surface area (Å²) < 4.78 is 0. The lowest BCUT2D eigenvalue weighted by Gasteiger charge is -2.28. The van der Waals surface area contributed by atoms with Crippen molar-refractivity contribution in [3.8, 4) is 0 Å². The van der Waals surface area contributed by atoms with E-state index in [0.717, 1.165) is 19.5 Å². The number of nitrogens with zero attached hydrogens (tertiary/aromatic N) is 3. The number of rotatable bonds is 5. The van der Waals surface area contributed by atoms with Gasteiger partial charge < -0.3 is 4.90 Å². The Labute approximate surface area is 142 Å². The Morgan fingerprint density at radius 1 is 1.26 bits per heavy atom. The molecule has 2 heterocycles. The van der Waals surface area contributed by atoms with Crippen LogP contribution in [0.15, 0.2) is 12.3 Å². The standard InChI is InChI=1S/C20H33N3/c1-13(2)20-16(5)15(4)19(17(6)21-20)12-22(7)11-18-10-9-14(3)23(18)8/h13,18H,3,9-12H2,1-2,4-8H3/t18-/m1/s1. The summed E-state index contributed by atoms with van der Waals surface area (Å²) in [5, 5.41) is 0. The highest BCUT2D eigenvalue weighted by Gasteiger charge is 2.25. The molecule has 1 atom stereocenters. The number of aryl methyl sites for hydroxylation is 1. The van der Waals surface area contributed by atoms with Crippen LogP contribution >= 0.6 is 0 Å². The summed E-state index contributed by atoms with van der Waals surface area (Å²) in [5.41, 5.74) is 7.88. The van der Waals surface area contributed by atoms with E-state index in [0.29, 0.717) is 12.0 Å². The van der Waals surface area contributed by atoms with Crippen LogP contribution in [0.5, 0.6) is 0 Å². The lowest BCUT2D eigenvalue weighted by atomic mass is 9.95. The van der Waals surface area contributed by atoms with Crippen molar-refractivity contribution in [3.63, 3.8) is 0 Å². The van der Waals surface area contributed by atoms with Gasteiger partial charge in [-0.25, -0.2) is 0 Å². The van der Waals surface area contributed by atoms with E-state index in [-0.39, 0.29) is 0 Å². The monoisotopic (exact) mass is 315 g/mol. The van der Waals surface area contributed by atoms with Gasteiger partial charge in [0.1, 0.15) is 0 Å². The molecule has 1 saturated heterocycles. The minimum atomic E-state index is 0.484. The predicted octanol–water partition coefficient (Wildman–Crippen LogP) is 4.17. The third-order valence-corrected chi connectivity index (χ3v) is 5.43. The molecular weight excluding hydrogens is 282 g/mol. The van der Waals surface area contributed by atoms with Gasteiger partial charge in [-0.1, -0.05) is 20.4 Å². The fourth-order valence-electron chi connectivity index (χ4n) is 3.69. The van der Waals surface area contributed by atoms with E-state index in [9.17, 15) is 0 Å². The van der Waals surface area contributed by atoms with Crippen molar-refractivity contribution in [1.29, 1.82) is 0 Å². The van der Waals surface area contributed by atoms with Crippen LogP contribution in [-0.2, 0) is 6.54 Å². The average molecular weight is 316 g/mol. The van der Waals surface area contributed by atoms with Crippen molar-refractivity contribution in [2.75, 3.05) is 20.6 Å². The fourth-order valence-corrected chi connectivity index (χ4v) is 3.69. The van der Waals surface area contributed by atoms with E-state index >= 15 is 0 Å². The second kappa shape index (κ2) is 7.04. The van der Waals surface area contributed by atoms with Crippen LogP contribution in [0, 0.1) is 20.8 Å². The fraction of sp³-hybridized carbons (Fsp3) is 0.650. The molecule has 0 spiro atoms. The Balaban J connectivity index is 2.13. The maximum absolute atomic E-state index is 4.89. The van der Waals surface area contributed by atoms with Gasteiger partial charge in [0.25, 0.3) is 0 Å². The molecule has 1 fully saturated rings. The Kier molecular flexibility index (Phi) is 5.51. The number of likely N-dealkylation sites (tertiary alicyclic amines) is 1. The van der Waals surface area contributed by atoms with Crippen molar-refractivity contribution in [2.45, 2.75) is 66.0 Å². The highest BCUT2D eigenvalue weighted by atomic mass is 15.2. The zero-order valence-electron chi connectivity index (χ0n) is 16.0. The lowest BCUT2D eigenvalue weighted by Crippen LogP contribution is -2.36. The normalized spacial score (nSPS) is 18.6. The lowest BCUT2D eigenvalue weighted by molar-refractivity contribution is 0.230. The molecule has 0 saturated carbocycles. The van der Waals surface area contributed by atoms with E-state index in [1.165, 1.54) is 40.2 Å². The van der Waals surface area contributed by atoms with Gasteiger partial charge in [-0.2, -0.15) is 0 Å². The summed E-state index contributed by atoms with van der Waals surface area (Å²) in [6.45, 7) is 17.3. The molecule has 0 radical (unpaired) electrons. The predicted molar refractivity (Wildman–Crippen MR) is 98.8 cm³/mol. The van der Waals surface area contributed by atoms with Gasteiger partial charge in [-0.05, 0) is 63.3 Å². The van der Waals surface area contributed by atoms with Crippen LogP contribution in [0.1, 0.15) is 60.7 Å². The molecule has 0 amide bonds. The molecule has 2 rings (SSSR count). The summed E-state index contributed by atoms with van der Waals surface area (Å²) in [4.78, 5) is 9.68. The molecule has 128 valence electrons. The molecule has 1 aliphatic heterocycles. The maximum atomic E-state index is 4.89. The molecule has 3 nitrogen and oxygen atoms in total. The minimum Gasteiger partial charge on any atom is -0.374 e. The largest absolute Gasteiger partial charge is 0.374 e. The van der Waals surface area contributed by atoms with Crippen LogP contribution in [0.4, 0.5) is 0 Å². The molecule has 1 aromatic heterocycles. The van der Waals surface area contributed by atoms with Crippen molar-refractivity contribution < 1.29 is 0 Å². The highest BCUT2D eigenvalue weighted by Crippen LogP contribution is 2.27. The van der Waals surface area contributed by atoms with Gasteiger partial charge in [0, 0.05) is 43.3 Å². The van der Waals surface area contributed by atoms with Crippen molar-refractivity contribution in [3.05, 3.63) is 40.4 Å². The van der Waals surface area contributed by atoms with Crippen LogP contribution in [0.2, 0.25) is 0 Å². The van der Waals surface area contributed by atoms with E-state index in [2.05, 4.69) is 65.1 Å². The second-order valence-electron chi connectivity index (χ2n) is 7.53. The third-order valence-electron chi connectivity index (χ3n) is 5.43. The van der Waals surface area contributed by atoms with Crippen LogP contribution < -0.4 is 0 Å². The number of hydrogen-bond acceptors (Lipinski definition) is 3. The molecule has 3 heteroatoms. The zero-order valence-corrected chi connectivity index (χ0v) is 16.0. The summed E-state index contributed by atoms with van der Waals surface area (Å²) in [7, 11) is 4.40. The van der Waals surface area contributed by atoms with E-state index in [1.54, 1.807) is 0 Å². The number of hydrogen-bond donors (Lipinski definition) is 0. The first kappa shape index (κ1) is 18.0. The first-order valence-electron chi connectivity index (χ1n) is 8.78. The zero-order chi connectivity index (χ0) is 17.3. The van der Waals surface area contributed by atoms with Crippen molar-refractivity contribution >= 4 is 0 Å². The summed E-state index contributed by atoms with van der Waals surface area (Å²) in [6.07, 6.45) is 2.36. The van der Waals surface area contributed by atoms with Gasteiger partial charge in [-0.3, -0.25) is 9.88 Å². The minimum absolute atomic E-state index is 0.484. The van der Waals surface area contributed by atoms with Gasteiger partial charge in [0.2, 0.25) is 0 Å². The Morgan fingerprint density at radius 3 is 2.43 bits per heavy atom. The summed E-state index contributed by atoms with van der Waals surface area (Å²) >= 11 is 0. The van der Waals surface area contributed by atoms with Crippen molar-refractivity contribution in [1.82, 2.24) is 14.8 Å². The number of allylic oxidation sites excluding steroid dienone is 1. The average Bonchev–Trinajstić information content (AvgIpc) is 2.79. The number of pyridine rings is 1. The maximum Gasteiger partial charge on any atom is 0.0464 e. The van der Waals surface area contributed by atoms with Crippen LogP contribution in [0.3, 0.4) is 0 Å². The quantitative estimate of drug-likeness (QED) is 0.813. The smallest absolute Gasteiger partial charge is 0.0464 e. The molecule has 0 aliphatic carbocycles. The Morgan fingerprint density at radius 2 is 1.91 bits per heavy atom. The molecule has 0 aromatic carbocycles. The molecule has 0 bridgehead atoms. The topological polar surface area (TPSA) is 19.4 Å². The molecule has 23 heavy (non-hydrogen) atoms. The second-order valence-corrected chi connectivity index (χ2v) is 7.53. The van der Waals surface area contributed by atoms with E-state index in [1.807, 2.05) is 0 Å². The molecular formula is C20H33N3. The third kappa shape index (κ3) is 3.77. The van der Waals surface area contributed by atoms with Gasteiger partial charge in [0.05, 0.1) is 0 Å². The number of aromatic nitrogens is 1. The van der Waals surface area contributed by atoms with Crippen LogP contribution in [0.25, 0.3) is 0 Å². The summed E-state index contributed by atoms with van der Waals surface area (Å²) in [5.74, 6) is 0.484. The molecule has 0 unspecified atom stereocenters. The van der Waals surface area contributed by atoms with Gasteiger partial charge in [0.15, 0.2) is 0 Å². The van der Waals surface area contributed by atoms with Gasteiger partial charge >= 0.3 is 0 Å².